The van der Waals surface area contributed by atoms with Gasteiger partial charge in [-0.05, 0) is 43.7 Å². The second-order valence-corrected chi connectivity index (χ2v) is 6.34. The van der Waals surface area contributed by atoms with Gasteiger partial charge in [-0.15, -0.1) is 11.3 Å². The third kappa shape index (κ3) is 4.04. The number of piperidine rings is 1. The number of carbonyl (C=O) groups is 1. The van der Waals surface area contributed by atoms with Crippen molar-refractivity contribution in [2.75, 3.05) is 19.7 Å². The number of hydrogen-bond donors (Lipinski definition) is 1. The minimum atomic E-state index is -0.788. The van der Waals surface area contributed by atoms with Gasteiger partial charge >= 0.3 is 5.97 Å². The van der Waals surface area contributed by atoms with Crippen LogP contribution >= 0.6 is 11.3 Å². The Morgan fingerprint density at radius 2 is 2.25 bits per heavy atom. The van der Waals surface area contributed by atoms with E-state index in [1.54, 1.807) is 0 Å². The first-order valence-electron chi connectivity index (χ1n) is 7.19. The number of hydrogen-bond acceptors (Lipinski definition) is 4. The number of carboxylic acid groups (broad SMARTS) is 1. The van der Waals surface area contributed by atoms with E-state index in [1.165, 1.54) is 10.4 Å². The summed E-state index contributed by atoms with van der Waals surface area (Å²) in [6.07, 6.45) is 2.32. The molecule has 4 nitrogen and oxygen atoms in total. The topological polar surface area (TPSA) is 49.8 Å². The molecule has 2 heterocycles. The number of carboxylic acids is 1. The maximum Gasteiger partial charge on any atom is 0.305 e. The highest BCUT2D eigenvalue weighted by Crippen LogP contribution is 2.30. The molecule has 0 saturated carbocycles. The quantitative estimate of drug-likeness (QED) is 0.876. The van der Waals surface area contributed by atoms with Crippen molar-refractivity contribution in [1.82, 2.24) is 4.90 Å². The molecule has 0 bridgehead atoms. The lowest BCUT2D eigenvalue weighted by molar-refractivity contribution is -0.138. The van der Waals surface area contributed by atoms with Gasteiger partial charge in [-0.25, -0.2) is 0 Å². The minimum absolute atomic E-state index is 0.102. The molecule has 5 heteroatoms. The van der Waals surface area contributed by atoms with Gasteiger partial charge in [0.1, 0.15) is 0 Å². The second kappa shape index (κ2) is 7.20. The van der Waals surface area contributed by atoms with Gasteiger partial charge < -0.3 is 9.84 Å². The van der Waals surface area contributed by atoms with Gasteiger partial charge in [0.15, 0.2) is 0 Å². The Hall–Kier alpha value is -0.910. The molecule has 0 amide bonds. The number of likely N-dealkylation sites (tertiary alicyclic amines) is 1. The summed E-state index contributed by atoms with van der Waals surface area (Å²) in [5.41, 5.74) is 1.38. The molecule has 0 spiro atoms. The first kappa shape index (κ1) is 15.5. The molecule has 1 aliphatic heterocycles. The third-order valence-electron chi connectivity index (χ3n) is 3.97. The Morgan fingerprint density at radius 3 is 2.80 bits per heavy atom. The van der Waals surface area contributed by atoms with Crippen molar-refractivity contribution in [1.29, 1.82) is 0 Å². The Labute approximate surface area is 124 Å². The molecule has 112 valence electrons. The van der Waals surface area contributed by atoms with Gasteiger partial charge in [-0.1, -0.05) is 0 Å². The van der Waals surface area contributed by atoms with Crippen LogP contribution in [0, 0.1) is 6.92 Å². The van der Waals surface area contributed by atoms with Crippen molar-refractivity contribution in [2.45, 2.75) is 45.3 Å². The molecular formula is C15H23NO3S. The van der Waals surface area contributed by atoms with E-state index in [0.29, 0.717) is 12.6 Å². The first-order chi connectivity index (χ1) is 9.58. The molecule has 1 aromatic heterocycles. The average molecular weight is 297 g/mol. The van der Waals surface area contributed by atoms with Crippen LogP contribution in [0.4, 0.5) is 0 Å². The molecular weight excluding hydrogens is 274 g/mol. The van der Waals surface area contributed by atoms with E-state index >= 15 is 0 Å². The predicted molar refractivity (Wildman–Crippen MR) is 80.3 cm³/mol. The highest BCUT2D eigenvalue weighted by molar-refractivity contribution is 7.10. The summed E-state index contributed by atoms with van der Waals surface area (Å²) in [7, 11) is 0. The van der Waals surface area contributed by atoms with Crippen LogP contribution in [-0.2, 0) is 9.53 Å². The van der Waals surface area contributed by atoms with Crippen molar-refractivity contribution in [3.63, 3.8) is 0 Å². The fourth-order valence-electron chi connectivity index (χ4n) is 2.72. The summed E-state index contributed by atoms with van der Waals surface area (Å²) >= 11 is 1.83. The predicted octanol–water partition coefficient (Wildman–Crippen LogP) is 3.07. The molecule has 1 N–H and O–H groups in total. The van der Waals surface area contributed by atoms with E-state index in [4.69, 9.17) is 9.84 Å². The molecule has 0 aliphatic carbocycles. The smallest absolute Gasteiger partial charge is 0.305 e. The molecule has 1 aliphatic rings. The number of rotatable bonds is 6. The Balaban J connectivity index is 1.76. The normalized spacial score (nSPS) is 19.1. The van der Waals surface area contributed by atoms with E-state index in [1.807, 2.05) is 11.3 Å². The molecule has 0 radical (unpaired) electrons. The van der Waals surface area contributed by atoms with Crippen LogP contribution in [0.2, 0.25) is 0 Å². The van der Waals surface area contributed by atoms with Crippen LogP contribution in [0.1, 0.15) is 42.7 Å². The van der Waals surface area contributed by atoms with Crippen molar-refractivity contribution in [3.8, 4) is 0 Å². The Morgan fingerprint density at radius 1 is 1.55 bits per heavy atom. The molecule has 1 aromatic rings. The molecule has 1 atom stereocenters. The lowest BCUT2D eigenvalue weighted by atomic mass is 10.0. The highest BCUT2D eigenvalue weighted by Gasteiger charge is 2.25. The van der Waals surface area contributed by atoms with E-state index in [-0.39, 0.29) is 12.5 Å². The average Bonchev–Trinajstić information content (AvgIpc) is 2.84. The van der Waals surface area contributed by atoms with Gasteiger partial charge in [0.2, 0.25) is 0 Å². The van der Waals surface area contributed by atoms with Crippen LogP contribution in [-0.4, -0.2) is 41.8 Å². The van der Waals surface area contributed by atoms with Gasteiger partial charge in [0.25, 0.3) is 0 Å². The van der Waals surface area contributed by atoms with E-state index in [2.05, 4.69) is 30.2 Å². The zero-order chi connectivity index (χ0) is 14.5. The Bertz CT molecular complexity index is 438. The van der Waals surface area contributed by atoms with E-state index in [0.717, 1.165) is 25.9 Å². The van der Waals surface area contributed by atoms with Crippen LogP contribution in [0.3, 0.4) is 0 Å². The lowest BCUT2D eigenvalue weighted by Crippen LogP contribution is -2.38. The van der Waals surface area contributed by atoms with Crippen molar-refractivity contribution < 1.29 is 14.6 Å². The maximum atomic E-state index is 10.5. The zero-order valence-corrected chi connectivity index (χ0v) is 13.0. The zero-order valence-electron chi connectivity index (χ0n) is 12.2. The van der Waals surface area contributed by atoms with Crippen molar-refractivity contribution in [3.05, 3.63) is 21.9 Å². The summed E-state index contributed by atoms with van der Waals surface area (Å²) in [5.74, 6) is -0.788. The van der Waals surface area contributed by atoms with E-state index < -0.39 is 5.97 Å². The highest BCUT2D eigenvalue weighted by atomic mass is 32.1. The summed E-state index contributed by atoms with van der Waals surface area (Å²) in [4.78, 5) is 14.4. The van der Waals surface area contributed by atoms with Gasteiger partial charge in [-0.3, -0.25) is 9.69 Å². The van der Waals surface area contributed by atoms with Crippen LogP contribution in [0.25, 0.3) is 0 Å². The minimum Gasteiger partial charge on any atom is -0.481 e. The van der Waals surface area contributed by atoms with Crippen LogP contribution in [0.15, 0.2) is 11.4 Å². The lowest BCUT2D eigenvalue weighted by Gasteiger charge is -2.35. The SMILES string of the molecule is Cc1ccsc1C(C)N1CCC(OCCC(=O)O)CC1. The maximum absolute atomic E-state index is 10.5. The molecule has 1 saturated heterocycles. The third-order valence-corrected chi connectivity index (χ3v) is 5.16. The van der Waals surface area contributed by atoms with Gasteiger partial charge in [-0.2, -0.15) is 0 Å². The number of ether oxygens (including phenoxy) is 1. The van der Waals surface area contributed by atoms with Crippen LogP contribution < -0.4 is 0 Å². The number of thiophene rings is 1. The molecule has 1 unspecified atom stereocenters. The van der Waals surface area contributed by atoms with E-state index in [9.17, 15) is 4.79 Å². The Kier molecular flexibility index (Phi) is 5.57. The standard InChI is InChI=1S/C15H23NO3S/c1-11-6-10-20-15(11)12(2)16-7-3-13(4-8-16)19-9-5-14(17)18/h6,10,12-13H,3-5,7-9H2,1-2H3,(H,17,18). The number of nitrogens with zero attached hydrogens (tertiary/aromatic N) is 1. The molecule has 1 fully saturated rings. The summed E-state index contributed by atoms with van der Waals surface area (Å²) < 4.78 is 5.63. The van der Waals surface area contributed by atoms with Gasteiger partial charge in [0.05, 0.1) is 19.1 Å². The number of aryl methyl sites for hydroxylation is 1. The van der Waals surface area contributed by atoms with Crippen molar-refractivity contribution in [2.24, 2.45) is 0 Å². The molecule has 2 rings (SSSR count). The fourth-order valence-corrected chi connectivity index (χ4v) is 3.74. The van der Waals surface area contributed by atoms with Gasteiger partial charge in [0, 0.05) is 24.0 Å². The molecule has 0 aromatic carbocycles. The summed E-state index contributed by atoms with van der Waals surface area (Å²) in [6, 6.07) is 2.65. The second-order valence-electron chi connectivity index (χ2n) is 5.39. The first-order valence-corrected chi connectivity index (χ1v) is 8.07. The molecule has 20 heavy (non-hydrogen) atoms. The summed E-state index contributed by atoms with van der Waals surface area (Å²) in [5, 5.41) is 10.8. The summed E-state index contributed by atoms with van der Waals surface area (Å²) in [6.45, 7) is 6.82. The van der Waals surface area contributed by atoms with Crippen molar-refractivity contribution >= 4 is 17.3 Å². The number of aliphatic carboxylic acids is 1. The monoisotopic (exact) mass is 297 g/mol. The fraction of sp³-hybridized carbons (Fsp3) is 0.667. The van der Waals surface area contributed by atoms with Crippen LogP contribution in [0.5, 0.6) is 0 Å². The largest absolute Gasteiger partial charge is 0.481 e.